The maximum absolute atomic E-state index is 13.3. The molecule has 0 radical (unpaired) electrons. The van der Waals surface area contributed by atoms with Gasteiger partial charge in [-0.1, -0.05) is 6.07 Å². The Hall–Kier alpha value is -3.70. The SMILES string of the molecule is CCN(C(=O)c1nc2cc(C#N)ccc2[nH]1)[C@H]1CCC[C@@H](NCc2ccc3ocnc3c2)C1. The molecule has 2 aromatic carbocycles. The van der Waals surface area contributed by atoms with E-state index in [1.54, 1.807) is 18.2 Å². The van der Waals surface area contributed by atoms with Crippen LogP contribution in [0.5, 0.6) is 0 Å². The fraction of sp³-hybridized carbons (Fsp3) is 0.360. The van der Waals surface area contributed by atoms with Gasteiger partial charge in [-0.25, -0.2) is 9.97 Å². The number of hydrogen-bond donors (Lipinski definition) is 2. The van der Waals surface area contributed by atoms with Gasteiger partial charge in [0.15, 0.2) is 17.8 Å². The molecule has 0 aliphatic heterocycles. The highest BCUT2D eigenvalue weighted by Gasteiger charge is 2.30. The second kappa shape index (κ2) is 9.04. The number of H-pyrrole nitrogens is 1. The van der Waals surface area contributed by atoms with Crippen LogP contribution in [-0.2, 0) is 6.54 Å². The summed E-state index contributed by atoms with van der Waals surface area (Å²) in [6.07, 6.45) is 5.52. The molecule has 2 aromatic heterocycles. The quantitative estimate of drug-likeness (QED) is 0.464. The first kappa shape index (κ1) is 21.2. The normalized spacial score (nSPS) is 18.4. The van der Waals surface area contributed by atoms with Gasteiger partial charge < -0.3 is 19.6 Å². The van der Waals surface area contributed by atoms with Gasteiger partial charge in [-0.05, 0) is 68.5 Å². The third kappa shape index (κ3) is 4.32. The number of oxazole rings is 1. The number of carbonyl (C=O) groups excluding carboxylic acids is 1. The van der Waals surface area contributed by atoms with Gasteiger partial charge >= 0.3 is 0 Å². The zero-order valence-electron chi connectivity index (χ0n) is 18.5. The molecule has 2 N–H and O–H groups in total. The Kier molecular flexibility index (Phi) is 5.80. The Balaban J connectivity index is 1.26. The molecular formula is C25H26N6O2. The van der Waals surface area contributed by atoms with Crippen LogP contribution in [0.25, 0.3) is 22.1 Å². The molecule has 2 heterocycles. The summed E-state index contributed by atoms with van der Waals surface area (Å²) in [6, 6.07) is 13.9. The fourth-order valence-corrected chi connectivity index (χ4v) is 4.79. The third-order valence-corrected chi connectivity index (χ3v) is 6.49. The molecule has 1 fully saturated rings. The molecule has 5 rings (SSSR count). The number of amides is 1. The van der Waals surface area contributed by atoms with E-state index in [1.165, 1.54) is 12.0 Å². The number of rotatable bonds is 6. The smallest absolute Gasteiger partial charge is 0.289 e. The van der Waals surface area contributed by atoms with E-state index in [4.69, 9.17) is 9.68 Å². The molecule has 0 saturated heterocycles. The number of nitrogens with zero attached hydrogens (tertiary/aromatic N) is 4. The largest absolute Gasteiger partial charge is 0.443 e. The van der Waals surface area contributed by atoms with Crippen LogP contribution in [0, 0.1) is 11.3 Å². The molecule has 0 unspecified atom stereocenters. The van der Waals surface area contributed by atoms with Gasteiger partial charge in [0, 0.05) is 25.2 Å². The van der Waals surface area contributed by atoms with Crippen molar-refractivity contribution in [2.24, 2.45) is 0 Å². The Labute approximate surface area is 191 Å². The van der Waals surface area contributed by atoms with E-state index in [0.717, 1.165) is 48.8 Å². The van der Waals surface area contributed by atoms with Crippen molar-refractivity contribution in [1.82, 2.24) is 25.2 Å². The lowest BCUT2D eigenvalue weighted by atomic mass is 9.89. The van der Waals surface area contributed by atoms with Crippen LogP contribution in [0.4, 0.5) is 0 Å². The Bertz CT molecular complexity index is 1330. The van der Waals surface area contributed by atoms with E-state index < -0.39 is 0 Å². The van der Waals surface area contributed by atoms with Crippen molar-refractivity contribution >= 4 is 28.0 Å². The number of nitriles is 1. The van der Waals surface area contributed by atoms with E-state index in [9.17, 15) is 4.79 Å². The van der Waals surface area contributed by atoms with Gasteiger partial charge in [0.25, 0.3) is 5.91 Å². The highest BCUT2D eigenvalue weighted by Crippen LogP contribution is 2.25. The molecule has 0 spiro atoms. The minimum Gasteiger partial charge on any atom is -0.443 e. The van der Waals surface area contributed by atoms with E-state index in [2.05, 4.69) is 32.4 Å². The number of benzene rings is 2. The number of aromatic nitrogens is 3. The molecule has 8 heteroatoms. The molecule has 2 atom stereocenters. The molecule has 8 nitrogen and oxygen atoms in total. The average Bonchev–Trinajstić information content (AvgIpc) is 3.49. The lowest BCUT2D eigenvalue weighted by Crippen LogP contribution is -2.47. The summed E-state index contributed by atoms with van der Waals surface area (Å²) in [4.78, 5) is 27.1. The van der Waals surface area contributed by atoms with Crippen LogP contribution < -0.4 is 5.32 Å². The first-order valence-electron chi connectivity index (χ1n) is 11.4. The van der Waals surface area contributed by atoms with Crippen molar-refractivity contribution in [3.8, 4) is 6.07 Å². The van der Waals surface area contributed by atoms with Crippen molar-refractivity contribution in [2.45, 2.75) is 51.2 Å². The zero-order chi connectivity index (χ0) is 22.8. The van der Waals surface area contributed by atoms with Crippen molar-refractivity contribution in [1.29, 1.82) is 5.26 Å². The Morgan fingerprint density at radius 3 is 3.03 bits per heavy atom. The summed E-state index contributed by atoms with van der Waals surface area (Å²) in [7, 11) is 0. The highest BCUT2D eigenvalue weighted by atomic mass is 16.3. The van der Waals surface area contributed by atoms with Crippen molar-refractivity contribution in [2.75, 3.05) is 6.54 Å². The number of imidazole rings is 1. The number of hydrogen-bond acceptors (Lipinski definition) is 6. The monoisotopic (exact) mass is 442 g/mol. The summed E-state index contributed by atoms with van der Waals surface area (Å²) in [5.74, 6) is 0.243. The van der Waals surface area contributed by atoms with Crippen LogP contribution in [0.3, 0.4) is 0 Å². The molecule has 1 aliphatic rings. The van der Waals surface area contributed by atoms with Crippen molar-refractivity contribution < 1.29 is 9.21 Å². The highest BCUT2D eigenvalue weighted by molar-refractivity contribution is 5.94. The first-order chi connectivity index (χ1) is 16.1. The van der Waals surface area contributed by atoms with Gasteiger partial charge in [-0.2, -0.15) is 5.26 Å². The zero-order valence-corrected chi connectivity index (χ0v) is 18.5. The molecule has 1 aliphatic carbocycles. The summed E-state index contributed by atoms with van der Waals surface area (Å²) in [6.45, 7) is 3.39. The molecule has 33 heavy (non-hydrogen) atoms. The maximum Gasteiger partial charge on any atom is 0.289 e. The van der Waals surface area contributed by atoms with Crippen molar-refractivity contribution in [3.05, 3.63) is 59.7 Å². The van der Waals surface area contributed by atoms with Crippen LogP contribution in [-0.4, -0.2) is 44.4 Å². The first-order valence-corrected chi connectivity index (χ1v) is 11.4. The number of aromatic amines is 1. The third-order valence-electron chi connectivity index (χ3n) is 6.49. The molecule has 0 bridgehead atoms. The van der Waals surface area contributed by atoms with Gasteiger partial charge in [0.05, 0.1) is 22.7 Å². The standard InChI is InChI=1S/C25H26N6O2/c1-2-31(25(32)24-29-20-8-6-16(13-26)10-21(20)30-24)19-5-3-4-18(12-19)27-14-17-7-9-23-22(11-17)28-15-33-23/h6-11,15,18-19,27H,2-5,12,14H2,1H3,(H,29,30)/t18-,19+/m1/s1. The van der Waals surface area contributed by atoms with E-state index in [1.807, 2.05) is 24.0 Å². The second-order valence-electron chi connectivity index (χ2n) is 8.57. The average molecular weight is 443 g/mol. The summed E-state index contributed by atoms with van der Waals surface area (Å²) in [5, 5.41) is 12.8. The predicted molar refractivity (Wildman–Crippen MR) is 124 cm³/mol. The van der Waals surface area contributed by atoms with Gasteiger partial charge in [0.1, 0.15) is 5.52 Å². The lowest BCUT2D eigenvalue weighted by molar-refractivity contribution is 0.0617. The molecule has 4 aromatic rings. The summed E-state index contributed by atoms with van der Waals surface area (Å²) >= 11 is 0. The molecular weight excluding hydrogens is 416 g/mol. The minimum atomic E-state index is -0.0886. The second-order valence-corrected chi connectivity index (χ2v) is 8.57. The van der Waals surface area contributed by atoms with Gasteiger partial charge in [-0.3, -0.25) is 4.79 Å². The van der Waals surface area contributed by atoms with E-state index in [-0.39, 0.29) is 11.9 Å². The molecule has 1 amide bonds. The van der Waals surface area contributed by atoms with Gasteiger partial charge in [-0.15, -0.1) is 0 Å². The van der Waals surface area contributed by atoms with Crippen molar-refractivity contribution in [3.63, 3.8) is 0 Å². The van der Waals surface area contributed by atoms with E-state index in [0.29, 0.717) is 29.5 Å². The van der Waals surface area contributed by atoms with Crippen LogP contribution >= 0.6 is 0 Å². The van der Waals surface area contributed by atoms with E-state index >= 15 is 0 Å². The molecule has 168 valence electrons. The topological polar surface area (TPSA) is 111 Å². The predicted octanol–water partition coefficient (Wildman–Crippen LogP) is 4.14. The maximum atomic E-state index is 13.3. The minimum absolute atomic E-state index is 0.0886. The Morgan fingerprint density at radius 2 is 2.18 bits per heavy atom. The number of carbonyl (C=O) groups is 1. The molecule has 1 saturated carbocycles. The van der Waals surface area contributed by atoms with Crippen LogP contribution in [0.1, 0.15) is 54.4 Å². The number of fused-ring (bicyclic) bond motifs is 2. The van der Waals surface area contributed by atoms with Crippen LogP contribution in [0.15, 0.2) is 47.2 Å². The Morgan fingerprint density at radius 1 is 1.27 bits per heavy atom. The summed E-state index contributed by atoms with van der Waals surface area (Å²) < 4.78 is 5.32. The number of nitrogens with one attached hydrogen (secondary N) is 2. The van der Waals surface area contributed by atoms with Crippen LogP contribution in [0.2, 0.25) is 0 Å². The fourth-order valence-electron chi connectivity index (χ4n) is 4.79. The lowest BCUT2D eigenvalue weighted by Gasteiger charge is -2.37. The summed E-state index contributed by atoms with van der Waals surface area (Å²) in [5.41, 5.74) is 4.76. The van der Waals surface area contributed by atoms with Gasteiger partial charge in [0.2, 0.25) is 0 Å².